The normalized spacial score (nSPS) is 11.0. The van der Waals surface area contributed by atoms with Gasteiger partial charge in [0.05, 0.1) is 12.8 Å². The average Bonchev–Trinajstić information content (AvgIpc) is 3.17. The first-order valence-corrected chi connectivity index (χ1v) is 10.3. The van der Waals surface area contributed by atoms with Gasteiger partial charge in [0.25, 0.3) is 5.56 Å². The van der Waals surface area contributed by atoms with E-state index in [1.54, 1.807) is 0 Å². The predicted octanol–water partition coefficient (Wildman–Crippen LogP) is 3.55. The van der Waals surface area contributed by atoms with E-state index in [-0.39, 0.29) is 18.2 Å². The summed E-state index contributed by atoms with van der Waals surface area (Å²) in [6, 6.07) is 12.4. The summed E-state index contributed by atoms with van der Waals surface area (Å²) in [5, 5.41) is 8.71. The smallest absolute Gasteiger partial charge is 0.267 e. The second kappa shape index (κ2) is 9.23. The number of methoxy groups -OCH3 is 1. The van der Waals surface area contributed by atoms with Gasteiger partial charge in [0.15, 0.2) is 0 Å². The van der Waals surface area contributed by atoms with Crippen molar-refractivity contribution in [2.75, 3.05) is 13.7 Å². The quantitative estimate of drug-likeness (QED) is 0.447. The van der Waals surface area contributed by atoms with E-state index in [9.17, 15) is 14.0 Å². The summed E-state index contributed by atoms with van der Waals surface area (Å²) >= 11 is 6.07. The molecule has 0 fully saturated rings. The van der Waals surface area contributed by atoms with Crippen LogP contribution in [0.25, 0.3) is 22.2 Å². The number of benzene rings is 2. The van der Waals surface area contributed by atoms with Crippen LogP contribution >= 0.6 is 11.6 Å². The molecule has 0 spiro atoms. The third kappa shape index (κ3) is 4.65. The second-order valence-corrected chi connectivity index (χ2v) is 7.60. The van der Waals surface area contributed by atoms with Crippen molar-refractivity contribution < 1.29 is 13.9 Å². The second-order valence-electron chi connectivity index (χ2n) is 7.16. The number of rotatable bonds is 7. The highest BCUT2D eigenvalue weighted by atomic mass is 35.5. The highest BCUT2D eigenvalue weighted by molar-refractivity contribution is 6.31. The minimum atomic E-state index is -0.448. The average molecular weight is 455 g/mol. The summed E-state index contributed by atoms with van der Waals surface area (Å²) in [6.07, 6.45) is 2.49. The first kappa shape index (κ1) is 21.6. The van der Waals surface area contributed by atoms with E-state index in [0.29, 0.717) is 29.2 Å². The lowest BCUT2D eigenvalue weighted by molar-refractivity contribution is -0.121. The minimum absolute atomic E-state index is 0.240. The standard InChI is InChI=1S/C23H20ClFN4O3/c1-32-21-11-16(25)3-4-17(21)20-6-7-23(31)29(28-20)13-22(30)26-9-8-14-12-27-19-5-2-15(24)10-18(14)19/h2-7,10-12,27H,8-9,13H2,1H3,(H,26,30). The highest BCUT2D eigenvalue weighted by Gasteiger charge is 2.12. The Labute approximate surface area is 187 Å². The molecule has 2 aromatic heterocycles. The maximum Gasteiger partial charge on any atom is 0.267 e. The van der Waals surface area contributed by atoms with Gasteiger partial charge in [0, 0.05) is 46.4 Å². The molecule has 0 aliphatic heterocycles. The molecule has 0 atom stereocenters. The number of halogens is 2. The molecule has 164 valence electrons. The van der Waals surface area contributed by atoms with Crippen molar-refractivity contribution in [2.24, 2.45) is 0 Å². The lowest BCUT2D eigenvalue weighted by atomic mass is 10.1. The Morgan fingerprint density at radius 1 is 1.22 bits per heavy atom. The maximum atomic E-state index is 13.5. The number of hydrogen-bond acceptors (Lipinski definition) is 4. The van der Waals surface area contributed by atoms with E-state index in [4.69, 9.17) is 16.3 Å². The molecule has 0 aliphatic rings. The number of H-pyrrole nitrogens is 1. The van der Waals surface area contributed by atoms with Crippen LogP contribution in [-0.4, -0.2) is 34.3 Å². The number of nitrogens with zero attached hydrogens (tertiary/aromatic N) is 2. The number of fused-ring (bicyclic) bond motifs is 1. The molecule has 7 nitrogen and oxygen atoms in total. The van der Waals surface area contributed by atoms with E-state index >= 15 is 0 Å². The van der Waals surface area contributed by atoms with Crippen molar-refractivity contribution in [1.29, 1.82) is 0 Å². The Balaban J connectivity index is 1.43. The van der Waals surface area contributed by atoms with E-state index in [0.717, 1.165) is 21.1 Å². The third-order valence-corrected chi connectivity index (χ3v) is 5.28. The van der Waals surface area contributed by atoms with Gasteiger partial charge < -0.3 is 15.0 Å². The molecule has 4 aromatic rings. The van der Waals surface area contributed by atoms with Gasteiger partial charge in [-0.15, -0.1) is 0 Å². The van der Waals surface area contributed by atoms with E-state index < -0.39 is 11.4 Å². The number of nitrogens with one attached hydrogen (secondary N) is 2. The van der Waals surface area contributed by atoms with E-state index in [1.807, 2.05) is 24.4 Å². The maximum absolute atomic E-state index is 13.5. The van der Waals surface area contributed by atoms with Crippen LogP contribution in [0.3, 0.4) is 0 Å². The number of aromatic nitrogens is 3. The van der Waals surface area contributed by atoms with Gasteiger partial charge >= 0.3 is 0 Å². The Morgan fingerprint density at radius 3 is 2.88 bits per heavy atom. The molecule has 9 heteroatoms. The van der Waals surface area contributed by atoms with E-state index in [2.05, 4.69) is 15.4 Å². The van der Waals surface area contributed by atoms with Crippen LogP contribution in [0.5, 0.6) is 5.75 Å². The Morgan fingerprint density at radius 2 is 2.06 bits per heavy atom. The molecule has 0 radical (unpaired) electrons. The number of hydrogen-bond donors (Lipinski definition) is 2. The lowest BCUT2D eigenvalue weighted by Gasteiger charge is -2.11. The topological polar surface area (TPSA) is 89.0 Å². The largest absolute Gasteiger partial charge is 0.496 e. The van der Waals surface area contributed by atoms with Crippen molar-refractivity contribution >= 4 is 28.4 Å². The van der Waals surface area contributed by atoms with Gasteiger partial charge in [-0.1, -0.05) is 11.6 Å². The molecule has 2 heterocycles. The van der Waals surface area contributed by atoms with Gasteiger partial charge in [-0.25, -0.2) is 9.07 Å². The monoisotopic (exact) mass is 454 g/mol. The van der Waals surface area contributed by atoms with Crippen molar-refractivity contribution in [3.8, 4) is 17.0 Å². The number of carbonyl (C=O) groups excluding carboxylic acids is 1. The van der Waals surface area contributed by atoms with Gasteiger partial charge in [-0.05, 0) is 48.4 Å². The molecule has 2 aromatic carbocycles. The molecule has 4 rings (SSSR count). The van der Waals surface area contributed by atoms with Gasteiger partial charge in [-0.2, -0.15) is 5.10 Å². The molecule has 0 bridgehead atoms. The number of amides is 1. The summed E-state index contributed by atoms with van der Waals surface area (Å²) in [5.41, 5.74) is 2.49. The summed E-state index contributed by atoms with van der Waals surface area (Å²) in [6.45, 7) is 0.147. The van der Waals surface area contributed by atoms with Crippen molar-refractivity contribution in [1.82, 2.24) is 20.1 Å². The first-order chi connectivity index (χ1) is 15.4. The first-order valence-electron chi connectivity index (χ1n) is 9.89. The Bertz CT molecular complexity index is 1350. The Kier molecular flexibility index (Phi) is 6.23. The molecule has 32 heavy (non-hydrogen) atoms. The van der Waals surface area contributed by atoms with Crippen LogP contribution in [-0.2, 0) is 17.8 Å². The fourth-order valence-corrected chi connectivity index (χ4v) is 3.64. The van der Waals surface area contributed by atoms with Crippen LogP contribution in [0.1, 0.15) is 5.56 Å². The molecule has 0 saturated heterocycles. The van der Waals surface area contributed by atoms with Gasteiger partial charge in [0.2, 0.25) is 5.91 Å². The SMILES string of the molecule is COc1cc(F)ccc1-c1ccc(=O)n(CC(=O)NCCc2c[nH]c3ccc(Cl)cc23)n1. The molecule has 0 saturated carbocycles. The zero-order chi connectivity index (χ0) is 22.7. The van der Waals surface area contributed by atoms with Gasteiger partial charge in [0.1, 0.15) is 18.1 Å². The van der Waals surface area contributed by atoms with Crippen LogP contribution in [0, 0.1) is 5.82 Å². The summed E-state index contributed by atoms with van der Waals surface area (Å²) in [5.74, 6) is -0.512. The molecule has 1 amide bonds. The van der Waals surface area contributed by atoms with Crippen LogP contribution in [0.15, 0.2) is 59.5 Å². The molecule has 2 N–H and O–H groups in total. The van der Waals surface area contributed by atoms with Crippen molar-refractivity contribution in [3.05, 3.63) is 81.5 Å². The number of aromatic amines is 1. The molecular formula is C23H20ClFN4O3. The van der Waals surface area contributed by atoms with Crippen LogP contribution in [0.2, 0.25) is 5.02 Å². The summed E-state index contributed by atoms with van der Waals surface area (Å²) < 4.78 is 19.7. The Hall–Kier alpha value is -3.65. The molecular weight excluding hydrogens is 435 g/mol. The summed E-state index contributed by atoms with van der Waals surface area (Å²) in [4.78, 5) is 27.8. The van der Waals surface area contributed by atoms with Crippen molar-refractivity contribution in [3.63, 3.8) is 0 Å². The number of carbonyl (C=O) groups is 1. The molecule has 0 unspecified atom stereocenters. The fraction of sp³-hybridized carbons (Fsp3) is 0.174. The minimum Gasteiger partial charge on any atom is -0.496 e. The van der Waals surface area contributed by atoms with Crippen molar-refractivity contribution in [2.45, 2.75) is 13.0 Å². The summed E-state index contributed by atoms with van der Waals surface area (Å²) in [7, 11) is 1.42. The van der Waals surface area contributed by atoms with E-state index in [1.165, 1.54) is 37.4 Å². The van der Waals surface area contributed by atoms with Crippen LogP contribution < -0.4 is 15.6 Å². The van der Waals surface area contributed by atoms with Crippen LogP contribution in [0.4, 0.5) is 4.39 Å². The van der Waals surface area contributed by atoms with Gasteiger partial charge in [-0.3, -0.25) is 9.59 Å². The zero-order valence-corrected chi connectivity index (χ0v) is 17.9. The zero-order valence-electron chi connectivity index (χ0n) is 17.2. The number of ether oxygens (including phenoxy) is 1. The fourth-order valence-electron chi connectivity index (χ4n) is 3.47. The third-order valence-electron chi connectivity index (χ3n) is 5.05. The highest BCUT2D eigenvalue weighted by Crippen LogP contribution is 2.28. The predicted molar refractivity (Wildman–Crippen MR) is 120 cm³/mol. The lowest BCUT2D eigenvalue weighted by Crippen LogP contribution is -2.34. The molecule has 0 aliphatic carbocycles.